The first kappa shape index (κ1) is 20.6. The molecule has 1 aliphatic rings. The molecule has 0 unspecified atom stereocenters. The predicted molar refractivity (Wildman–Crippen MR) is 117 cm³/mol. The predicted octanol–water partition coefficient (Wildman–Crippen LogP) is 4.26. The maximum atomic E-state index is 13.1. The molecular formula is C23H19FN2O4S. The number of carbonyl (C=O) groups is 1. The molecule has 158 valence electrons. The molecule has 8 heteroatoms. The van der Waals surface area contributed by atoms with Gasteiger partial charge in [0.15, 0.2) is 5.11 Å². The van der Waals surface area contributed by atoms with Crippen LogP contribution in [0.15, 0.2) is 71.0 Å². The summed E-state index contributed by atoms with van der Waals surface area (Å²) in [6.07, 6.45) is 3.27. The van der Waals surface area contributed by atoms with E-state index in [1.54, 1.807) is 49.8 Å². The fourth-order valence-electron chi connectivity index (χ4n) is 3.13. The molecule has 3 aromatic rings. The summed E-state index contributed by atoms with van der Waals surface area (Å²) in [5.41, 5.74) is 1.92. The van der Waals surface area contributed by atoms with Gasteiger partial charge < -0.3 is 19.2 Å². The van der Waals surface area contributed by atoms with E-state index in [4.69, 9.17) is 26.1 Å². The lowest BCUT2D eigenvalue weighted by Gasteiger charge is -2.12. The lowest BCUT2D eigenvalue weighted by atomic mass is 10.1. The van der Waals surface area contributed by atoms with E-state index >= 15 is 0 Å². The monoisotopic (exact) mass is 438 g/mol. The van der Waals surface area contributed by atoms with E-state index in [0.717, 1.165) is 11.1 Å². The zero-order valence-electron chi connectivity index (χ0n) is 16.6. The lowest BCUT2D eigenvalue weighted by molar-refractivity contribution is -0.122. The van der Waals surface area contributed by atoms with Crippen molar-refractivity contribution in [3.8, 4) is 11.5 Å². The van der Waals surface area contributed by atoms with Crippen LogP contribution in [-0.2, 0) is 17.9 Å². The average Bonchev–Trinajstić information content (AvgIpc) is 3.38. The summed E-state index contributed by atoms with van der Waals surface area (Å²) in [4.78, 5) is 14.2. The summed E-state index contributed by atoms with van der Waals surface area (Å²) >= 11 is 5.30. The van der Waals surface area contributed by atoms with Crippen molar-refractivity contribution in [2.24, 2.45) is 0 Å². The number of benzene rings is 2. The van der Waals surface area contributed by atoms with E-state index < -0.39 is 0 Å². The van der Waals surface area contributed by atoms with Gasteiger partial charge in [0.2, 0.25) is 0 Å². The highest BCUT2D eigenvalue weighted by Crippen LogP contribution is 2.25. The van der Waals surface area contributed by atoms with Crippen molar-refractivity contribution >= 4 is 29.3 Å². The Hall–Kier alpha value is -3.65. The highest BCUT2D eigenvalue weighted by Gasteiger charge is 2.31. The number of thiocarbonyl (C=S) groups is 1. The summed E-state index contributed by atoms with van der Waals surface area (Å²) in [5, 5.41) is 3.28. The van der Waals surface area contributed by atoms with Gasteiger partial charge in [0.25, 0.3) is 5.91 Å². The molecule has 1 fully saturated rings. The number of methoxy groups -OCH3 is 1. The number of furan rings is 1. The summed E-state index contributed by atoms with van der Waals surface area (Å²) in [5.74, 6) is 1.26. The number of nitrogens with one attached hydrogen (secondary N) is 1. The Morgan fingerprint density at radius 2 is 2.00 bits per heavy atom. The summed E-state index contributed by atoms with van der Waals surface area (Å²) in [7, 11) is 1.57. The highest BCUT2D eigenvalue weighted by molar-refractivity contribution is 7.80. The minimum Gasteiger partial charge on any atom is -0.496 e. The first-order valence-corrected chi connectivity index (χ1v) is 9.86. The lowest BCUT2D eigenvalue weighted by Crippen LogP contribution is -2.29. The van der Waals surface area contributed by atoms with E-state index in [-0.39, 0.29) is 24.9 Å². The number of ether oxygens (including phenoxy) is 2. The molecule has 1 N–H and O–H groups in total. The SMILES string of the molecule is COc1ccc(/C=C2/NC(=S)N(Cc3ccco3)C2=O)cc1COc1ccc(F)cc1. The number of hydrogen-bond donors (Lipinski definition) is 1. The van der Waals surface area contributed by atoms with Crippen LogP contribution >= 0.6 is 12.2 Å². The van der Waals surface area contributed by atoms with Gasteiger partial charge in [-0.2, -0.15) is 0 Å². The maximum absolute atomic E-state index is 13.1. The number of carbonyl (C=O) groups excluding carboxylic acids is 1. The smallest absolute Gasteiger partial charge is 0.276 e. The maximum Gasteiger partial charge on any atom is 0.276 e. The van der Waals surface area contributed by atoms with Gasteiger partial charge in [-0.3, -0.25) is 9.69 Å². The standard InChI is InChI=1S/C23H19FN2O4S/c1-28-21-9-4-15(11-16(21)14-30-18-7-5-17(24)6-8-18)12-20-22(27)26(23(31)25-20)13-19-3-2-10-29-19/h2-12H,13-14H2,1H3,(H,25,31)/b20-12+. The Kier molecular flexibility index (Phi) is 5.99. The van der Waals surface area contributed by atoms with Crippen LogP contribution < -0.4 is 14.8 Å². The molecule has 0 saturated carbocycles. The van der Waals surface area contributed by atoms with Gasteiger partial charge in [-0.05, 0) is 72.4 Å². The molecule has 2 aromatic carbocycles. The second-order valence-electron chi connectivity index (χ2n) is 6.77. The Balaban J connectivity index is 1.52. The highest BCUT2D eigenvalue weighted by atomic mass is 32.1. The second kappa shape index (κ2) is 9.01. The van der Waals surface area contributed by atoms with Crippen LogP contribution in [0.3, 0.4) is 0 Å². The number of halogens is 1. The molecule has 31 heavy (non-hydrogen) atoms. The Bertz CT molecular complexity index is 1130. The van der Waals surface area contributed by atoms with Crippen molar-refractivity contribution in [2.45, 2.75) is 13.2 Å². The molecule has 1 aliphatic heterocycles. The third kappa shape index (κ3) is 4.75. The Morgan fingerprint density at radius 3 is 2.71 bits per heavy atom. The minimum atomic E-state index is -0.328. The topological polar surface area (TPSA) is 63.9 Å². The van der Waals surface area contributed by atoms with Crippen molar-refractivity contribution in [3.63, 3.8) is 0 Å². The van der Waals surface area contributed by atoms with Gasteiger partial charge in [-0.15, -0.1) is 0 Å². The zero-order chi connectivity index (χ0) is 21.8. The fourth-order valence-corrected chi connectivity index (χ4v) is 3.39. The van der Waals surface area contributed by atoms with Gasteiger partial charge in [-0.1, -0.05) is 6.07 Å². The fraction of sp³-hybridized carbons (Fsp3) is 0.130. The van der Waals surface area contributed by atoms with Crippen LogP contribution in [-0.4, -0.2) is 23.0 Å². The number of rotatable bonds is 7. The Morgan fingerprint density at radius 1 is 1.19 bits per heavy atom. The molecule has 0 bridgehead atoms. The molecule has 0 spiro atoms. The summed E-state index contributed by atoms with van der Waals surface area (Å²) < 4.78 is 29.5. The molecule has 0 aliphatic carbocycles. The molecular weight excluding hydrogens is 419 g/mol. The zero-order valence-corrected chi connectivity index (χ0v) is 17.4. The van der Waals surface area contributed by atoms with Gasteiger partial charge >= 0.3 is 0 Å². The van der Waals surface area contributed by atoms with Gasteiger partial charge in [-0.25, -0.2) is 4.39 Å². The first-order valence-electron chi connectivity index (χ1n) is 9.45. The number of amides is 1. The van der Waals surface area contributed by atoms with Crippen LogP contribution in [0.5, 0.6) is 11.5 Å². The van der Waals surface area contributed by atoms with Crippen LogP contribution in [0, 0.1) is 5.82 Å². The first-order chi connectivity index (χ1) is 15.0. The van der Waals surface area contributed by atoms with E-state index in [1.165, 1.54) is 17.0 Å². The molecule has 0 radical (unpaired) electrons. The summed E-state index contributed by atoms with van der Waals surface area (Å²) in [6.45, 7) is 0.477. The Labute approximate surface area is 183 Å². The molecule has 1 aromatic heterocycles. The second-order valence-corrected chi connectivity index (χ2v) is 7.16. The molecule has 0 atom stereocenters. The van der Waals surface area contributed by atoms with Crippen LogP contribution in [0.2, 0.25) is 0 Å². The molecule has 1 amide bonds. The van der Waals surface area contributed by atoms with E-state index in [1.807, 2.05) is 12.1 Å². The van der Waals surface area contributed by atoms with Crippen LogP contribution in [0.1, 0.15) is 16.9 Å². The van der Waals surface area contributed by atoms with E-state index in [2.05, 4.69) is 5.32 Å². The van der Waals surface area contributed by atoms with E-state index in [0.29, 0.717) is 28.1 Å². The van der Waals surface area contributed by atoms with E-state index in [9.17, 15) is 9.18 Å². The van der Waals surface area contributed by atoms with Gasteiger partial charge in [0.05, 0.1) is 19.9 Å². The number of nitrogens with zero attached hydrogens (tertiary/aromatic N) is 1. The number of hydrogen-bond acceptors (Lipinski definition) is 5. The van der Waals surface area contributed by atoms with Crippen molar-refractivity contribution in [3.05, 3.63) is 89.3 Å². The van der Waals surface area contributed by atoms with Crippen molar-refractivity contribution in [1.82, 2.24) is 10.2 Å². The molecule has 4 rings (SSSR count). The quantitative estimate of drug-likeness (QED) is 0.439. The van der Waals surface area contributed by atoms with Gasteiger partial charge in [0, 0.05) is 5.56 Å². The van der Waals surface area contributed by atoms with Crippen molar-refractivity contribution in [2.75, 3.05) is 7.11 Å². The third-order valence-corrected chi connectivity index (χ3v) is 5.00. The average molecular weight is 438 g/mol. The van der Waals surface area contributed by atoms with Crippen LogP contribution in [0.4, 0.5) is 4.39 Å². The minimum absolute atomic E-state index is 0.218. The van der Waals surface area contributed by atoms with Crippen LogP contribution in [0.25, 0.3) is 6.08 Å². The summed E-state index contributed by atoms with van der Waals surface area (Å²) in [6, 6.07) is 14.8. The molecule has 2 heterocycles. The normalized spacial score (nSPS) is 14.8. The van der Waals surface area contributed by atoms with Crippen molar-refractivity contribution in [1.29, 1.82) is 0 Å². The molecule has 6 nitrogen and oxygen atoms in total. The third-order valence-electron chi connectivity index (χ3n) is 4.68. The van der Waals surface area contributed by atoms with Gasteiger partial charge in [0.1, 0.15) is 35.4 Å². The van der Waals surface area contributed by atoms with Crippen molar-refractivity contribution < 1.29 is 23.1 Å². The largest absolute Gasteiger partial charge is 0.496 e. The molecule has 1 saturated heterocycles.